The Balaban J connectivity index is 1.53. The van der Waals surface area contributed by atoms with Crippen molar-refractivity contribution in [2.75, 3.05) is 10.6 Å². The number of amides is 2. The molecule has 0 aliphatic rings. The number of carbonyl (C=O) groups excluding carboxylic acids is 2. The van der Waals surface area contributed by atoms with Crippen molar-refractivity contribution in [3.8, 4) is 11.3 Å². The lowest BCUT2D eigenvalue weighted by Crippen LogP contribution is -2.22. The number of thiazole rings is 1. The van der Waals surface area contributed by atoms with Crippen LogP contribution in [0.15, 0.2) is 58.8 Å². The number of rotatable bonds is 7. The molecule has 8 heteroatoms. The molecule has 3 rings (SSSR count). The van der Waals surface area contributed by atoms with Gasteiger partial charge in [0.25, 0.3) is 0 Å². The molecule has 0 aliphatic carbocycles. The third kappa shape index (κ3) is 7.17. The first-order chi connectivity index (χ1) is 15.1. The maximum atomic E-state index is 13.1. The van der Waals surface area contributed by atoms with E-state index in [1.165, 1.54) is 35.2 Å². The number of aromatic nitrogens is 1. The Hall–Kier alpha value is -2.71. The van der Waals surface area contributed by atoms with Gasteiger partial charge in [-0.25, -0.2) is 9.37 Å². The minimum absolute atomic E-state index is 0.0193. The van der Waals surface area contributed by atoms with Gasteiger partial charge < -0.3 is 10.6 Å². The molecule has 0 saturated heterocycles. The quantitative estimate of drug-likeness (QED) is 0.389. The molecular formula is C24H26FN3O2S2. The summed E-state index contributed by atoms with van der Waals surface area (Å²) in [6, 6.07) is 13.5. The molecule has 2 N–H and O–H groups in total. The lowest BCUT2D eigenvalue weighted by molar-refractivity contribution is -0.118. The largest absolute Gasteiger partial charge is 0.326 e. The second kappa shape index (κ2) is 10.3. The van der Waals surface area contributed by atoms with Gasteiger partial charge in [-0.2, -0.15) is 0 Å². The number of thioether (sulfide) groups is 1. The lowest BCUT2D eigenvalue weighted by Gasteiger charge is -2.17. The van der Waals surface area contributed by atoms with Gasteiger partial charge in [0.2, 0.25) is 11.8 Å². The molecule has 1 atom stereocenters. The second-order valence-corrected chi connectivity index (χ2v) is 10.9. The third-order valence-corrected chi connectivity index (χ3v) is 6.26. The molecule has 0 radical (unpaired) electrons. The van der Waals surface area contributed by atoms with Crippen molar-refractivity contribution in [1.29, 1.82) is 0 Å². The summed E-state index contributed by atoms with van der Waals surface area (Å²) in [5.74, 6) is -0.477. The van der Waals surface area contributed by atoms with Crippen LogP contribution in [0.1, 0.15) is 34.1 Å². The molecule has 0 saturated carbocycles. The molecule has 0 spiro atoms. The van der Waals surface area contributed by atoms with Crippen LogP contribution in [-0.4, -0.2) is 22.0 Å². The fourth-order valence-corrected chi connectivity index (χ4v) is 4.44. The Kier molecular flexibility index (Phi) is 7.69. The van der Waals surface area contributed by atoms with E-state index in [0.717, 1.165) is 16.1 Å². The van der Waals surface area contributed by atoms with Crippen molar-refractivity contribution >= 4 is 45.7 Å². The minimum atomic E-state index is -0.338. The molecule has 32 heavy (non-hydrogen) atoms. The van der Waals surface area contributed by atoms with Gasteiger partial charge in [-0.15, -0.1) is 23.1 Å². The topological polar surface area (TPSA) is 71.1 Å². The Morgan fingerprint density at radius 2 is 1.72 bits per heavy atom. The third-order valence-electron chi connectivity index (χ3n) is 4.39. The number of benzene rings is 2. The second-order valence-electron chi connectivity index (χ2n) is 8.60. The Morgan fingerprint density at radius 3 is 2.34 bits per heavy atom. The van der Waals surface area contributed by atoms with E-state index < -0.39 is 0 Å². The van der Waals surface area contributed by atoms with Gasteiger partial charge in [-0.05, 0) is 60.9 Å². The Labute approximate surface area is 195 Å². The molecule has 0 aliphatic heterocycles. The van der Waals surface area contributed by atoms with Gasteiger partial charge in [0.15, 0.2) is 5.13 Å². The normalized spacial score (nSPS) is 12.3. The molecular weight excluding hydrogens is 445 g/mol. The maximum Gasteiger partial charge on any atom is 0.239 e. The fraction of sp³-hybridized carbons (Fsp3) is 0.292. The highest BCUT2D eigenvalue weighted by Gasteiger charge is 2.18. The smallest absolute Gasteiger partial charge is 0.239 e. The van der Waals surface area contributed by atoms with Gasteiger partial charge in [0.05, 0.1) is 10.9 Å². The van der Waals surface area contributed by atoms with Crippen LogP contribution < -0.4 is 10.6 Å². The Bertz CT molecular complexity index is 1070. The van der Waals surface area contributed by atoms with Crippen LogP contribution in [0.2, 0.25) is 0 Å². The predicted octanol–water partition coefficient (Wildman–Crippen LogP) is 6.44. The number of carbonyl (C=O) groups is 2. The van der Waals surface area contributed by atoms with Crippen molar-refractivity contribution in [2.24, 2.45) is 5.41 Å². The van der Waals surface area contributed by atoms with E-state index in [-0.39, 0.29) is 28.3 Å². The monoisotopic (exact) mass is 471 g/mol. The summed E-state index contributed by atoms with van der Waals surface area (Å²) in [6.07, 6.45) is 0.445. The highest BCUT2D eigenvalue weighted by Crippen LogP contribution is 2.28. The van der Waals surface area contributed by atoms with Crippen LogP contribution >= 0.6 is 23.1 Å². The minimum Gasteiger partial charge on any atom is -0.326 e. The summed E-state index contributed by atoms with van der Waals surface area (Å²) >= 11 is 2.75. The van der Waals surface area contributed by atoms with E-state index in [1.807, 2.05) is 57.3 Å². The SMILES string of the molecule is CC(Sc1ccc(NC(=O)CC(C)(C)C)cc1)C(=O)Nc1nc(-c2ccc(F)cc2)cs1. The predicted molar refractivity (Wildman–Crippen MR) is 131 cm³/mol. The van der Waals surface area contributed by atoms with Crippen molar-refractivity contribution in [1.82, 2.24) is 4.98 Å². The average Bonchev–Trinajstić information content (AvgIpc) is 3.17. The molecule has 2 aromatic carbocycles. The van der Waals surface area contributed by atoms with E-state index in [9.17, 15) is 14.0 Å². The molecule has 3 aromatic rings. The zero-order chi connectivity index (χ0) is 23.3. The number of nitrogens with zero attached hydrogens (tertiary/aromatic N) is 1. The molecule has 1 aromatic heterocycles. The van der Waals surface area contributed by atoms with E-state index in [0.29, 0.717) is 17.2 Å². The first kappa shape index (κ1) is 23.9. The fourth-order valence-electron chi connectivity index (χ4n) is 2.85. The highest BCUT2D eigenvalue weighted by molar-refractivity contribution is 8.00. The van der Waals surface area contributed by atoms with Crippen LogP contribution in [-0.2, 0) is 9.59 Å². The molecule has 1 heterocycles. The number of hydrogen-bond acceptors (Lipinski definition) is 5. The molecule has 0 fully saturated rings. The van der Waals surface area contributed by atoms with E-state index in [1.54, 1.807) is 12.1 Å². The van der Waals surface area contributed by atoms with E-state index >= 15 is 0 Å². The summed E-state index contributed by atoms with van der Waals surface area (Å²) in [7, 11) is 0. The highest BCUT2D eigenvalue weighted by atomic mass is 32.2. The molecule has 1 unspecified atom stereocenters. The average molecular weight is 472 g/mol. The van der Waals surface area contributed by atoms with Gasteiger partial charge >= 0.3 is 0 Å². The zero-order valence-electron chi connectivity index (χ0n) is 18.4. The summed E-state index contributed by atoms with van der Waals surface area (Å²) in [5, 5.41) is 7.72. The van der Waals surface area contributed by atoms with Crippen molar-refractivity contribution in [3.05, 3.63) is 59.7 Å². The van der Waals surface area contributed by atoms with Crippen LogP contribution in [0.5, 0.6) is 0 Å². The van der Waals surface area contributed by atoms with Gasteiger partial charge in [0.1, 0.15) is 5.82 Å². The number of hydrogen-bond donors (Lipinski definition) is 2. The maximum absolute atomic E-state index is 13.1. The summed E-state index contributed by atoms with van der Waals surface area (Å²) < 4.78 is 13.1. The van der Waals surface area contributed by atoms with Crippen molar-refractivity contribution in [2.45, 2.75) is 44.3 Å². The van der Waals surface area contributed by atoms with Crippen LogP contribution in [0.25, 0.3) is 11.3 Å². The molecule has 0 bridgehead atoms. The zero-order valence-corrected chi connectivity index (χ0v) is 20.1. The van der Waals surface area contributed by atoms with E-state index in [4.69, 9.17) is 0 Å². The Morgan fingerprint density at radius 1 is 1.06 bits per heavy atom. The van der Waals surface area contributed by atoms with Gasteiger partial charge in [0, 0.05) is 27.9 Å². The summed E-state index contributed by atoms with van der Waals surface area (Å²) in [4.78, 5) is 30.0. The summed E-state index contributed by atoms with van der Waals surface area (Å²) in [6.45, 7) is 7.89. The number of anilines is 2. The van der Waals surface area contributed by atoms with E-state index in [2.05, 4.69) is 15.6 Å². The number of halogens is 1. The lowest BCUT2D eigenvalue weighted by atomic mass is 9.92. The van der Waals surface area contributed by atoms with Crippen LogP contribution in [0.4, 0.5) is 15.2 Å². The van der Waals surface area contributed by atoms with Crippen LogP contribution in [0.3, 0.4) is 0 Å². The molecule has 2 amide bonds. The van der Waals surface area contributed by atoms with Gasteiger partial charge in [-0.1, -0.05) is 20.8 Å². The first-order valence-corrected chi connectivity index (χ1v) is 11.9. The number of nitrogens with one attached hydrogen (secondary N) is 2. The first-order valence-electron chi connectivity index (χ1n) is 10.2. The summed E-state index contributed by atoms with van der Waals surface area (Å²) in [5.41, 5.74) is 2.15. The van der Waals surface area contributed by atoms with Gasteiger partial charge in [-0.3, -0.25) is 9.59 Å². The molecule has 168 valence electrons. The van der Waals surface area contributed by atoms with Crippen LogP contribution in [0, 0.1) is 11.2 Å². The standard InChI is InChI=1S/C24H26FN3O2S2/c1-15(32-19-11-9-18(10-12-19)26-21(29)13-24(2,3)4)22(30)28-23-27-20(14-31-23)16-5-7-17(25)8-6-16/h5-12,14-15H,13H2,1-4H3,(H,26,29)(H,27,28,30). The van der Waals surface area contributed by atoms with Crippen molar-refractivity contribution < 1.29 is 14.0 Å². The van der Waals surface area contributed by atoms with Crippen molar-refractivity contribution in [3.63, 3.8) is 0 Å². The molecule has 5 nitrogen and oxygen atoms in total.